The van der Waals surface area contributed by atoms with Crippen molar-refractivity contribution in [2.24, 2.45) is 0 Å². The summed E-state index contributed by atoms with van der Waals surface area (Å²) in [6, 6.07) is 13.8. The third kappa shape index (κ3) is 3.64. The molecule has 19 heavy (non-hydrogen) atoms. The number of benzene rings is 2. The molecule has 2 rings (SSSR count). The Hall–Kier alpha value is -1.68. The highest BCUT2D eigenvalue weighted by Crippen LogP contribution is 2.25. The van der Waals surface area contributed by atoms with Gasteiger partial charge in [-0.15, -0.1) is 0 Å². The number of hydrogen-bond acceptors (Lipinski definition) is 3. The van der Waals surface area contributed by atoms with E-state index in [0.717, 1.165) is 34.6 Å². The zero-order valence-electron chi connectivity index (χ0n) is 10.8. The zero-order valence-corrected chi connectivity index (χ0v) is 12.4. The van der Waals surface area contributed by atoms with E-state index in [1.807, 2.05) is 36.4 Å². The van der Waals surface area contributed by atoms with Crippen molar-refractivity contribution in [2.45, 2.75) is 6.42 Å². The number of para-hydroxylation sites is 1. The van der Waals surface area contributed by atoms with E-state index in [0.29, 0.717) is 0 Å². The average molecular weight is 321 g/mol. The fourth-order valence-corrected chi connectivity index (χ4v) is 2.45. The third-order valence-electron chi connectivity index (χ3n) is 2.90. The van der Waals surface area contributed by atoms with Crippen LogP contribution < -0.4 is 15.8 Å². The lowest BCUT2D eigenvalue weighted by Gasteiger charge is -2.11. The van der Waals surface area contributed by atoms with Gasteiger partial charge in [-0.05, 0) is 52.2 Å². The van der Waals surface area contributed by atoms with E-state index in [-0.39, 0.29) is 0 Å². The first-order valence-corrected chi connectivity index (χ1v) is 6.91. The second kappa shape index (κ2) is 6.48. The number of anilines is 2. The van der Waals surface area contributed by atoms with Crippen molar-refractivity contribution in [3.63, 3.8) is 0 Å². The fourth-order valence-electron chi connectivity index (χ4n) is 1.92. The van der Waals surface area contributed by atoms with Gasteiger partial charge in [0.05, 0.1) is 7.11 Å². The van der Waals surface area contributed by atoms with Crippen LogP contribution in [-0.4, -0.2) is 13.7 Å². The van der Waals surface area contributed by atoms with Gasteiger partial charge in [-0.1, -0.05) is 18.2 Å². The van der Waals surface area contributed by atoms with Crippen molar-refractivity contribution in [3.05, 3.63) is 52.5 Å². The number of rotatable bonds is 5. The Bertz CT molecular complexity index is 558. The molecule has 0 heterocycles. The van der Waals surface area contributed by atoms with E-state index in [9.17, 15) is 0 Å². The van der Waals surface area contributed by atoms with Crippen LogP contribution in [0.15, 0.2) is 46.9 Å². The number of nitrogen functional groups attached to an aromatic ring is 1. The highest BCUT2D eigenvalue weighted by molar-refractivity contribution is 9.10. The molecule has 0 spiro atoms. The molecule has 3 N–H and O–H groups in total. The van der Waals surface area contributed by atoms with Crippen LogP contribution in [0.3, 0.4) is 0 Å². The van der Waals surface area contributed by atoms with Gasteiger partial charge in [0.25, 0.3) is 0 Å². The Balaban J connectivity index is 1.96. The molecule has 0 aliphatic rings. The molecule has 0 bridgehead atoms. The highest BCUT2D eigenvalue weighted by atomic mass is 79.9. The predicted octanol–water partition coefficient (Wildman–Crippen LogP) is 3.69. The molecule has 0 aliphatic heterocycles. The fraction of sp³-hybridized carbons (Fsp3) is 0.200. The van der Waals surface area contributed by atoms with Crippen molar-refractivity contribution in [1.82, 2.24) is 0 Å². The van der Waals surface area contributed by atoms with Crippen molar-refractivity contribution >= 4 is 27.3 Å². The number of hydrogen-bond donors (Lipinski definition) is 2. The monoisotopic (exact) mass is 320 g/mol. The molecule has 0 saturated heterocycles. The van der Waals surface area contributed by atoms with E-state index < -0.39 is 0 Å². The molecule has 3 nitrogen and oxygen atoms in total. The second-order valence-electron chi connectivity index (χ2n) is 4.23. The van der Waals surface area contributed by atoms with Gasteiger partial charge in [0.2, 0.25) is 0 Å². The SMILES string of the molecule is COc1ccccc1CCNc1ccc(N)cc1Br. The molecular formula is C15H17BrN2O. The normalized spacial score (nSPS) is 10.2. The summed E-state index contributed by atoms with van der Waals surface area (Å²) in [4.78, 5) is 0. The molecule has 4 heteroatoms. The maximum Gasteiger partial charge on any atom is 0.122 e. The maximum absolute atomic E-state index is 5.71. The van der Waals surface area contributed by atoms with Crippen LogP contribution in [0.5, 0.6) is 5.75 Å². The van der Waals surface area contributed by atoms with Gasteiger partial charge < -0.3 is 15.8 Å². The van der Waals surface area contributed by atoms with Gasteiger partial charge in [0.15, 0.2) is 0 Å². The van der Waals surface area contributed by atoms with E-state index in [1.54, 1.807) is 7.11 Å². The standard InChI is InChI=1S/C15H17BrN2O/c1-19-15-5-3-2-4-11(15)8-9-18-14-7-6-12(17)10-13(14)16/h2-7,10,18H,8-9,17H2,1H3. The number of ether oxygens (including phenoxy) is 1. The molecule has 2 aromatic carbocycles. The third-order valence-corrected chi connectivity index (χ3v) is 3.55. The minimum absolute atomic E-state index is 0.752. The highest BCUT2D eigenvalue weighted by Gasteiger charge is 2.03. The van der Waals surface area contributed by atoms with Crippen molar-refractivity contribution in [3.8, 4) is 5.75 Å². The average Bonchev–Trinajstić information content (AvgIpc) is 2.42. The summed E-state index contributed by atoms with van der Waals surface area (Å²) in [5, 5.41) is 3.38. The molecule has 0 saturated carbocycles. The molecule has 0 radical (unpaired) electrons. The number of halogens is 1. The summed E-state index contributed by atoms with van der Waals surface area (Å²) in [6.07, 6.45) is 0.904. The van der Waals surface area contributed by atoms with Gasteiger partial charge >= 0.3 is 0 Å². The molecule has 0 amide bonds. The van der Waals surface area contributed by atoms with E-state index in [1.165, 1.54) is 5.56 Å². The summed E-state index contributed by atoms with van der Waals surface area (Å²) in [6.45, 7) is 0.836. The van der Waals surface area contributed by atoms with Crippen LogP contribution in [0.1, 0.15) is 5.56 Å². The Labute approximate surface area is 121 Å². The Morgan fingerprint density at radius 3 is 2.74 bits per heavy atom. The number of methoxy groups -OCH3 is 1. The van der Waals surface area contributed by atoms with Crippen LogP contribution in [0, 0.1) is 0 Å². The van der Waals surface area contributed by atoms with Crippen LogP contribution >= 0.6 is 15.9 Å². The number of nitrogens with one attached hydrogen (secondary N) is 1. The van der Waals surface area contributed by atoms with Crippen molar-refractivity contribution < 1.29 is 4.74 Å². The summed E-state index contributed by atoms with van der Waals surface area (Å²) >= 11 is 3.49. The minimum Gasteiger partial charge on any atom is -0.496 e. The largest absolute Gasteiger partial charge is 0.496 e. The van der Waals surface area contributed by atoms with E-state index in [4.69, 9.17) is 10.5 Å². The summed E-state index contributed by atoms with van der Waals surface area (Å²) in [7, 11) is 1.70. The summed E-state index contributed by atoms with van der Waals surface area (Å²) in [5.41, 5.74) is 8.71. The second-order valence-corrected chi connectivity index (χ2v) is 5.08. The van der Waals surface area contributed by atoms with Gasteiger partial charge in [0.1, 0.15) is 5.75 Å². The lowest BCUT2D eigenvalue weighted by atomic mass is 10.1. The zero-order chi connectivity index (χ0) is 13.7. The van der Waals surface area contributed by atoms with E-state index >= 15 is 0 Å². The Morgan fingerprint density at radius 2 is 2.00 bits per heavy atom. The molecular weight excluding hydrogens is 304 g/mol. The van der Waals surface area contributed by atoms with Crippen LogP contribution in [-0.2, 0) is 6.42 Å². The van der Waals surface area contributed by atoms with Gasteiger partial charge in [-0.2, -0.15) is 0 Å². The lowest BCUT2D eigenvalue weighted by molar-refractivity contribution is 0.410. The predicted molar refractivity (Wildman–Crippen MR) is 83.7 cm³/mol. The van der Waals surface area contributed by atoms with Gasteiger partial charge in [-0.3, -0.25) is 0 Å². The molecule has 0 unspecified atom stereocenters. The topological polar surface area (TPSA) is 47.3 Å². The summed E-state index contributed by atoms with van der Waals surface area (Å²) < 4.78 is 6.31. The first-order valence-electron chi connectivity index (χ1n) is 6.11. The van der Waals surface area contributed by atoms with E-state index in [2.05, 4.69) is 27.3 Å². The lowest BCUT2D eigenvalue weighted by Crippen LogP contribution is -2.06. The Kier molecular flexibility index (Phi) is 4.68. The molecule has 0 atom stereocenters. The molecule has 100 valence electrons. The molecule has 2 aromatic rings. The van der Waals surface area contributed by atoms with Crippen LogP contribution in [0.4, 0.5) is 11.4 Å². The van der Waals surface area contributed by atoms with Crippen molar-refractivity contribution in [1.29, 1.82) is 0 Å². The minimum atomic E-state index is 0.752. The van der Waals surface area contributed by atoms with Gasteiger partial charge in [0, 0.05) is 22.4 Å². The molecule has 0 aromatic heterocycles. The summed E-state index contributed by atoms with van der Waals surface area (Å²) in [5.74, 6) is 0.931. The number of nitrogens with two attached hydrogens (primary N) is 1. The van der Waals surface area contributed by atoms with Crippen molar-refractivity contribution in [2.75, 3.05) is 24.7 Å². The Morgan fingerprint density at radius 1 is 1.21 bits per heavy atom. The smallest absolute Gasteiger partial charge is 0.122 e. The molecule has 0 aliphatic carbocycles. The van der Waals surface area contributed by atoms with Crippen LogP contribution in [0.2, 0.25) is 0 Å². The first-order chi connectivity index (χ1) is 9.20. The first kappa shape index (κ1) is 13.7. The van der Waals surface area contributed by atoms with Crippen LogP contribution in [0.25, 0.3) is 0 Å². The quantitative estimate of drug-likeness (QED) is 0.826. The maximum atomic E-state index is 5.71. The van der Waals surface area contributed by atoms with Gasteiger partial charge in [-0.25, -0.2) is 0 Å². The molecule has 0 fully saturated rings.